The largest absolute Gasteiger partial charge is 0.348 e. The first-order valence-corrected chi connectivity index (χ1v) is 8.48. The number of benzene rings is 1. The summed E-state index contributed by atoms with van der Waals surface area (Å²) in [6, 6.07) is 7.25. The van der Waals surface area contributed by atoms with Crippen LogP contribution in [0, 0.1) is 0 Å². The first kappa shape index (κ1) is 16.6. The number of hydrogen-bond donors (Lipinski definition) is 1. The summed E-state index contributed by atoms with van der Waals surface area (Å²) in [6.45, 7) is 5.74. The van der Waals surface area contributed by atoms with Crippen molar-refractivity contribution in [3.05, 3.63) is 40.3 Å². The van der Waals surface area contributed by atoms with Crippen molar-refractivity contribution in [2.75, 3.05) is 20.1 Å². The third kappa shape index (κ3) is 3.19. The van der Waals surface area contributed by atoms with E-state index in [4.69, 9.17) is 0 Å². The summed E-state index contributed by atoms with van der Waals surface area (Å²) in [5, 5.41) is 8.60. The third-order valence-electron chi connectivity index (χ3n) is 4.59. The molecule has 0 atom stereocenters. The van der Waals surface area contributed by atoms with E-state index in [1.807, 2.05) is 26.0 Å². The summed E-state index contributed by atoms with van der Waals surface area (Å²) in [5.74, 6) is -0.199. The van der Waals surface area contributed by atoms with Gasteiger partial charge in [-0.15, -0.1) is 0 Å². The summed E-state index contributed by atoms with van der Waals surface area (Å²) in [5.41, 5.74) is 0.175. The number of rotatable bonds is 3. The number of hydrogen-bond acceptors (Lipinski definition) is 4. The number of aromatic nitrogens is 2. The number of nitrogens with one attached hydrogen (secondary N) is 1. The number of piperidine rings is 1. The molecule has 1 N–H and O–H groups in total. The Morgan fingerprint density at radius 2 is 1.83 bits per heavy atom. The third-order valence-corrected chi connectivity index (χ3v) is 4.59. The maximum absolute atomic E-state index is 12.8. The Morgan fingerprint density at radius 1 is 1.21 bits per heavy atom. The van der Waals surface area contributed by atoms with Crippen molar-refractivity contribution in [3.63, 3.8) is 0 Å². The predicted octanol–water partition coefficient (Wildman–Crippen LogP) is 1.80. The first-order valence-electron chi connectivity index (χ1n) is 8.48. The minimum atomic E-state index is -0.199. The highest BCUT2D eigenvalue weighted by molar-refractivity contribution is 6.04. The van der Waals surface area contributed by atoms with Gasteiger partial charge < -0.3 is 10.2 Å². The summed E-state index contributed by atoms with van der Waals surface area (Å²) in [4.78, 5) is 27.6. The van der Waals surface area contributed by atoms with Gasteiger partial charge in [-0.25, -0.2) is 4.68 Å². The molecule has 0 saturated carbocycles. The fraction of sp³-hybridized carbons (Fsp3) is 0.500. The van der Waals surface area contributed by atoms with Crippen LogP contribution in [0.5, 0.6) is 0 Å². The highest BCUT2D eigenvalue weighted by Gasteiger charge is 2.22. The van der Waals surface area contributed by atoms with Crippen molar-refractivity contribution in [2.24, 2.45) is 0 Å². The van der Waals surface area contributed by atoms with Gasteiger partial charge in [0.15, 0.2) is 5.69 Å². The van der Waals surface area contributed by atoms with E-state index in [-0.39, 0.29) is 23.6 Å². The molecule has 6 heteroatoms. The SMILES string of the molecule is CC(C)n1nc(C(=O)NC2CCN(C)CC2)c2ccccc2c1=O. The second-order valence-corrected chi connectivity index (χ2v) is 6.79. The lowest BCUT2D eigenvalue weighted by Crippen LogP contribution is -2.44. The Balaban J connectivity index is 1.97. The van der Waals surface area contributed by atoms with Gasteiger partial charge in [0.2, 0.25) is 0 Å². The quantitative estimate of drug-likeness (QED) is 0.933. The number of carbonyl (C=O) groups excluding carboxylic acids is 1. The molecule has 2 aromatic rings. The van der Waals surface area contributed by atoms with Gasteiger partial charge in [0.1, 0.15) is 0 Å². The van der Waals surface area contributed by atoms with Crippen molar-refractivity contribution in [2.45, 2.75) is 38.8 Å². The molecule has 0 aliphatic carbocycles. The summed E-state index contributed by atoms with van der Waals surface area (Å²) in [6.07, 6.45) is 1.87. The minimum absolute atomic E-state index is 0.100. The van der Waals surface area contributed by atoms with E-state index in [0.717, 1.165) is 25.9 Å². The van der Waals surface area contributed by atoms with E-state index in [9.17, 15) is 9.59 Å². The van der Waals surface area contributed by atoms with Crippen LogP contribution in [0.15, 0.2) is 29.1 Å². The maximum atomic E-state index is 12.8. The van der Waals surface area contributed by atoms with Crippen LogP contribution in [0.25, 0.3) is 10.8 Å². The van der Waals surface area contributed by atoms with Crippen LogP contribution in [-0.2, 0) is 0 Å². The van der Waals surface area contributed by atoms with Crippen LogP contribution < -0.4 is 10.9 Å². The molecule has 3 rings (SSSR count). The fourth-order valence-electron chi connectivity index (χ4n) is 3.13. The molecule has 1 fully saturated rings. The van der Waals surface area contributed by atoms with Crippen LogP contribution in [-0.4, -0.2) is 46.8 Å². The van der Waals surface area contributed by atoms with Crippen molar-refractivity contribution in [1.29, 1.82) is 0 Å². The molecule has 1 amide bonds. The molecule has 1 aliphatic heterocycles. The lowest BCUT2D eigenvalue weighted by molar-refractivity contribution is 0.0911. The molecule has 128 valence electrons. The molecule has 0 radical (unpaired) electrons. The van der Waals surface area contributed by atoms with Gasteiger partial charge >= 0.3 is 0 Å². The van der Waals surface area contributed by atoms with Crippen LogP contribution in [0.1, 0.15) is 43.2 Å². The second-order valence-electron chi connectivity index (χ2n) is 6.79. The average Bonchev–Trinajstić information content (AvgIpc) is 2.57. The van der Waals surface area contributed by atoms with Crippen molar-refractivity contribution in [3.8, 4) is 0 Å². The van der Waals surface area contributed by atoms with E-state index in [0.29, 0.717) is 16.5 Å². The van der Waals surface area contributed by atoms with E-state index in [1.54, 1.807) is 12.1 Å². The van der Waals surface area contributed by atoms with Gasteiger partial charge in [0, 0.05) is 11.4 Å². The van der Waals surface area contributed by atoms with Crippen molar-refractivity contribution < 1.29 is 4.79 Å². The molecule has 0 bridgehead atoms. The minimum Gasteiger partial charge on any atom is -0.348 e. The van der Waals surface area contributed by atoms with Gasteiger partial charge in [0.25, 0.3) is 11.5 Å². The lowest BCUT2D eigenvalue weighted by atomic mass is 10.0. The monoisotopic (exact) mass is 328 g/mol. The number of carbonyl (C=O) groups is 1. The fourth-order valence-corrected chi connectivity index (χ4v) is 3.13. The van der Waals surface area contributed by atoms with Gasteiger partial charge in [-0.3, -0.25) is 9.59 Å². The topological polar surface area (TPSA) is 67.2 Å². The molecule has 2 heterocycles. The van der Waals surface area contributed by atoms with Crippen LogP contribution in [0.4, 0.5) is 0 Å². The van der Waals surface area contributed by atoms with Crippen molar-refractivity contribution in [1.82, 2.24) is 20.0 Å². The number of fused-ring (bicyclic) bond motifs is 1. The Kier molecular flexibility index (Phi) is 4.66. The molecular weight excluding hydrogens is 304 g/mol. The Bertz CT molecular complexity index is 804. The number of likely N-dealkylation sites (tertiary alicyclic amines) is 1. The zero-order valence-electron chi connectivity index (χ0n) is 14.5. The Morgan fingerprint density at radius 3 is 2.46 bits per heavy atom. The molecule has 6 nitrogen and oxygen atoms in total. The van der Waals surface area contributed by atoms with E-state index < -0.39 is 0 Å². The number of amides is 1. The smallest absolute Gasteiger partial charge is 0.274 e. The van der Waals surface area contributed by atoms with Gasteiger partial charge in [-0.2, -0.15) is 5.10 Å². The van der Waals surface area contributed by atoms with E-state index in [2.05, 4.69) is 22.4 Å². The lowest BCUT2D eigenvalue weighted by Gasteiger charge is -2.29. The maximum Gasteiger partial charge on any atom is 0.274 e. The molecule has 1 aliphatic rings. The first-order chi connectivity index (χ1) is 11.5. The molecule has 1 aromatic heterocycles. The predicted molar refractivity (Wildman–Crippen MR) is 94.4 cm³/mol. The van der Waals surface area contributed by atoms with Crippen LogP contribution in [0.3, 0.4) is 0 Å². The van der Waals surface area contributed by atoms with Crippen LogP contribution in [0.2, 0.25) is 0 Å². The van der Waals surface area contributed by atoms with E-state index in [1.165, 1.54) is 4.68 Å². The van der Waals surface area contributed by atoms with Crippen LogP contribution >= 0.6 is 0 Å². The highest BCUT2D eigenvalue weighted by atomic mass is 16.2. The van der Waals surface area contributed by atoms with Crippen molar-refractivity contribution >= 4 is 16.7 Å². The number of nitrogens with zero attached hydrogens (tertiary/aromatic N) is 3. The normalized spacial score (nSPS) is 16.7. The zero-order valence-corrected chi connectivity index (χ0v) is 14.5. The summed E-state index contributed by atoms with van der Waals surface area (Å²) < 4.78 is 1.39. The summed E-state index contributed by atoms with van der Waals surface area (Å²) in [7, 11) is 2.09. The zero-order chi connectivity index (χ0) is 17.3. The molecule has 0 unspecified atom stereocenters. The molecule has 24 heavy (non-hydrogen) atoms. The highest BCUT2D eigenvalue weighted by Crippen LogP contribution is 2.16. The summed E-state index contributed by atoms with van der Waals surface area (Å²) >= 11 is 0. The molecular formula is C18H24N4O2. The van der Waals surface area contributed by atoms with E-state index >= 15 is 0 Å². The molecule has 1 aromatic carbocycles. The molecule has 0 spiro atoms. The Hall–Kier alpha value is -2.21. The van der Waals surface area contributed by atoms with Gasteiger partial charge in [-0.05, 0) is 52.9 Å². The average molecular weight is 328 g/mol. The standard InChI is InChI=1S/C18H24N4O2/c1-12(2)22-18(24)15-7-5-4-6-14(15)16(20-22)17(23)19-13-8-10-21(3)11-9-13/h4-7,12-13H,8-11H2,1-3H3,(H,19,23). The molecule has 1 saturated heterocycles. The van der Waals surface area contributed by atoms with Gasteiger partial charge in [0.05, 0.1) is 11.4 Å². The second kappa shape index (κ2) is 6.73. The Labute approximate surface area is 141 Å². The van der Waals surface area contributed by atoms with Gasteiger partial charge in [-0.1, -0.05) is 18.2 Å².